The Bertz CT molecular complexity index is 1280. The Morgan fingerprint density at radius 3 is 2.46 bits per heavy atom. The highest BCUT2D eigenvalue weighted by molar-refractivity contribution is 14.1. The minimum atomic E-state index is -10.0. The van der Waals surface area contributed by atoms with E-state index in [4.69, 9.17) is 4.74 Å². The summed E-state index contributed by atoms with van der Waals surface area (Å²) < 4.78 is 73.4. The number of rotatable bonds is 6. The lowest BCUT2D eigenvalue weighted by Crippen LogP contribution is -2.22. The van der Waals surface area contributed by atoms with Gasteiger partial charge in [0, 0.05) is 21.6 Å². The molecule has 0 radical (unpaired) electrons. The van der Waals surface area contributed by atoms with E-state index in [0.29, 0.717) is 26.8 Å². The monoisotopic (exact) mass is 630 g/mol. The number of carbonyl (C=O) groups excluding carboxylic acids is 1. The number of nitrogens with zero attached hydrogens (tertiary/aromatic N) is 3. The highest BCUT2D eigenvalue weighted by atomic mass is 127. The van der Waals surface area contributed by atoms with E-state index >= 15 is 0 Å². The standard InChI is InChI=1S/C22H24F5IN4O2S/c1-13(28)14-6-8-16(9-7-14)32-12-15-10-19(20(34-2)11-18(15)31-32)30-22(33)17-4-3-5-21(29-17)35(23,24,25,26)27/h3-5,10-14,16H,6-9H2,1-2H3,(H,30,33)/t13?,14-,16-. The van der Waals surface area contributed by atoms with E-state index in [1.165, 1.54) is 7.11 Å². The van der Waals surface area contributed by atoms with Crippen LogP contribution in [-0.2, 0) is 0 Å². The quantitative estimate of drug-likeness (QED) is 0.171. The number of amides is 1. The second-order valence-corrected chi connectivity index (χ2v) is 13.1. The van der Waals surface area contributed by atoms with Crippen LogP contribution in [0.25, 0.3) is 10.9 Å². The highest BCUT2D eigenvalue weighted by Gasteiger charge is 2.67. The summed E-state index contributed by atoms with van der Waals surface area (Å²) >= 11 is 2.46. The van der Waals surface area contributed by atoms with E-state index in [1.54, 1.807) is 12.1 Å². The summed E-state index contributed by atoms with van der Waals surface area (Å²) in [4.78, 5) is 15.5. The Labute approximate surface area is 212 Å². The summed E-state index contributed by atoms with van der Waals surface area (Å²) in [6.45, 7) is 2.22. The number of aromatic nitrogens is 3. The van der Waals surface area contributed by atoms with Gasteiger partial charge in [-0.25, -0.2) is 4.98 Å². The number of nitrogens with one attached hydrogen (secondary N) is 1. The van der Waals surface area contributed by atoms with E-state index in [9.17, 15) is 24.2 Å². The molecule has 1 N–H and O–H groups in total. The maximum absolute atomic E-state index is 13.1. The van der Waals surface area contributed by atoms with E-state index in [0.717, 1.165) is 31.7 Å². The van der Waals surface area contributed by atoms with Crippen molar-refractivity contribution >= 4 is 55.3 Å². The second kappa shape index (κ2) is 8.46. The number of carbonyl (C=O) groups is 1. The van der Waals surface area contributed by atoms with Crippen LogP contribution < -0.4 is 10.1 Å². The molecular weight excluding hydrogens is 606 g/mol. The molecule has 1 fully saturated rings. The molecule has 1 atom stereocenters. The summed E-state index contributed by atoms with van der Waals surface area (Å²) in [5.41, 5.74) is -0.00773. The summed E-state index contributed by atoms with van der Waals surface area (Å²) in [6.07, 6.45) is 6.08. The van der Waals surface area contributed by atoms with Crippen LogP contribution in [-0.4, -0.2) is 31.7 Å². The van der Waals surface area contributed by atoms with Crippen molar-refractivity contribution in [1.29, 1.82) is 0 Å². The molecule has 2 heterocycles. The molecule has 13 heteroatoms. The molecule has 3 aromatic rings. The Morgan fingerprint density at radius 2 is 1.86 bits per heavy atom. The lowest BCUT2D eigenvalue weighted by molar-refractivity contribution is 0.102. The van der Waals surface area contributed by atoms with E-state index in [2.05, 4.69) is 44.9 Å². The maximum atomic E-state index is 13.1. The third kappa shape index (κ3) is 5.81. The van der Waals surface area contributed by atoms with Gasteiger partial charge in [-0.3, -0.25) is 9.48 Å². The average Bonchev–Trinajstić information content (AvgIpc) is 3.20. The van der Waals surface area contributed by atoms with Gasteiger partial charge in [-0.15, -0.1) is 0 Å². The Balaban J connectivity index is 1.59. The lowest BCUT2D eigenvalue weighted by atomic mass is 9.84. The first kappa shape index (κ1) is 25.9. The normalized spacial score (nSPS) is 21.7. The molecule has 1 amide bonds. The van der Waals surface area contributed by atoms with Gasteiger partial charge in [0.25, 0.3) is 5.91 Å². The van der Waals surface area contributed by atoms with Crippen LogP contribution in [0.1, 0.15) is 49.1 Å². The molecule has 35 heavy (non-hydrogen) atoms. The number of anilines is 1. The number of alkyl halides is 1. The largest absolute Gasteiger partial charge is 0.494 e. The Hall–Kier alpha value is -2.16. The zero-order valence-corrected chi connectivity index (χ0v) is 21.8. The fourth-order valence-corrected chi connectivity index (χ4v) is 5.62. The SMILES string of the molecule is COc1cc2nn([C@H]3CC[C@H](C(C)I)CC3)cc2cc1NC(=O)c1cccc(S(F)(F)(F)(F)F)n1. The average molecular weight is 630 g/mol. The molecule has 1 aliphatic carbocycles. The van der Waals surface area contributed by atoms with Gasteiger partial charge in [0.05, 0.1) is 24.4 Å². The van der Waals surface area contributed by atoms with Gasteiger partial charge in [0.2, 0.25) is 0 Å². The molecule has 1 aliphatic rings. The summed E-state index contributed by atoms with van der Waals surface area (Å²) in [5.74, 6) is -0.169. The fraction of sp³-hybridized carbons (Fsp3) is 0.409. The number of benzene rings is 1. The van der Waals surface area contributed by atoms with Crippen LogP contribution in [0.3, 0.4) is 0 Å². The predicted octanol–water partition coefficient (Wildman–Crippen LogP) is 7.90. The van der Waals surface area contributed by atoms with E-state index < -0.39 is 26.9 Å². The van der Waals surface area contributed by atoms with Crippen LogP contribution >= 0.6 is 32.8 Å². The minimum Gasteiger partial charge on any atom is -0.494 e. The number of pyridine rings is 1. The molecule has 1 aromatic carbocycles. The zero-order valence-electron chi connectivity index (χ0n) is 18.9. The van der Waals surface area contributed by atoms with Crippen LogP contribution in [0.5, 0.6) is 5.75 Å². The van der Waals surface area contributed by atoms with Crippen LogP contribution in [0, 0.1) is 5.92 Å². The summed E-state index contributed by atoms with van der Waals surface area (Å²) in [7, 11) is -8.66. The minimum absolute atomic E-state index is 0.146. The van der Waals surface area contributed by atoms with Gasteiger partial charge in [0.1, 0.15) is 11.4 Å². The molecule has 1 saturated carbocycles. The lowest BCUT2D eigenvalue weighted by Gasteiger charge is -2.39. The van der Waals surface area contributed by atoms with Gasteiger partial charge >= 0.3 is 10.2 Å². The molecule has 192 valence electrons. The number of fused-ring (bicyclic) bond motifs is 1. The maximum Gasteiger partial charge on any atom is 0.325 e. The fourth-order valence-electron chi connectivity index (χ4n) is 4.29. The molecule has 1 unspecified atom stereocenters. The first-order chi connectivity index (χ1) is 16.1. The van der Waals surface area contributed by atoms with Gasteiger partial charge in [-0.2, -0.15) is 5.10 Å². The van der Waals surface area contributed by atoms with Crippen LogP contribution in [0.4, 0.5) is 25.1 Å². The summed E-state index contributed by atoms with van der Waals surface area (Å²) in [6, 6.07) is 5.23. The van der Waals surface area contributed by atoms with Crippen molar-refractivity contribution in [2.75, 3.05) is 12.4 Å². The van der Waals surface area contributed by atoms with Crippen LogP contribution in [0.15, 0.2) is 41.6 Å². The van der Waals surface area contributed by atoms with Crippen molar-refractivity contribution in [3.8, 4) is 5.75 Å². The predicted molar refractivity (Wildman–Crippen MR) is 134 cm³/mol. The van der Waals surface area contributed by atoms with Gasteiger partial charge in [-0.1, -0.05) is 55.0 Å². The second-order valence-electron chi connectivity index (χ2n) is 8.75. The first-order valence-corrected chi connectivity index (χ1v) is 14.1. The van der Waals surface area contributed by atoms with Gasteiger partial charge in [0.15, 0.2) is 5.03 Å². The van der Waals surface area contributed by atoms with Crippen molar-refractivity contribution in [3.05, 3.63) is 42.2 Å². The third-order valence-corrected chi connectivity index (χ3v) is 8.24. The molecular formula is C22H24F5IN4O2S. The Morgan fingerprint density at radius 1 is 1.17 bits per heavy atom. The number of hydrogen-bond donors (Lipinski definition) is 1. The smallest absolute Gasteiger partial charge is 0.325 e. The molecule has 2 aromatic heterocycles. The topological polar surface area (TPSA) is 69.0 Å². The summed E-state index contributed by atoms with van der Waals surface area (Å²) in [5, 5.41) is 5.40. The molecule has 0 aliphatic heterocycles. The number of methoxy groups -OCH3 is 1. The van der Waals surface area contributed by atoms with Crippen molar-refractivity contribution in [3.63, 3.8) is 0 Å². The molecule has 6 nitrogen and oxygen atoms in total. The Kier molecular flexibility index (Phi) is 6.26. The molecule has 4 rings (SSSR count). The van der Waals surface area contributed by atoms with Crippen molar-refractivity contribution < 1.29 is 29.0 Å². The van der Waals surface area contributed by atoms with E-state index in [-0.39, 0.29) is 23.5 Å². The first-order valence-electron chi connectivity index (χ1n) is 10.9. The van der Waals surface area contributed by atoms with Crippen LogP contribution in [0.2, 0.25) is 0 Å². The van der Waals surface area contributed by atoms with Gasteiger partial charge in [-0.05, 0) is 49.8 Å². The number of ether oxygens (including phenoxy) is 1. The number of halogens is 6. The third-order valence-electron chi connectivity index (χ3n) is 6.21. The number of hydrogen-bond acceptors (Lipinski definition) is 4. The van der Waals surface area contributed by atoms with Gasteiger partial charge < -0.3 is 10.1 Å². The zero-order chi connectivity index (χ0) is 25.7. The molecule has 0 spiro atoms. The van der Waals surface area contributed by atoms with Crippen molar-refractivity contribution in [1.82, 2.24) is 14.8 Å². The van der Waals surface area contributed by atoms with Crippen molar-refractivity contribution in [2.45, 2.75) is 47.6 Å². The molecule has 0 bridgehead atoms. The molecule has 0 saturated heterocycles. The van der Waals surface area contributed by atoms with E-state index in [1.807, 2.05) is 10.9 Å². The van der Waals surface area contributed by atoms with Crippen molar-refractivity contribution in [2.24, 2.45) is 5.92 Å². The highest BCUT2D eigenvalue weighted by Crippen LogP contribution is 3.01.